The summed E-state index contributed by atoms with van der Waals surface area (Å²) in [6.07, 6.45) is 11.3. The van der Waals surface area contributed by atoms with Gasteiger partial charge in [-0.1, -0.05) is 51.0 Å². The average Bonchev–Trinajstić information content (AvgIpc) is 3.06. The number of ether oxygens (including phenoxy) is 1. The van der Waals surface area contributed by atoms with Gasteiger partial charge in [-0.15, -0.1) is 11.8 Å². The van der Waals surface area contributed by atoms with Gasteiger partial charge in [-0.3, -0.25) is 14.4 Å². The van der Waals surface area contributed by atoms with Gasteiger partial charge < -0.3 is 19.6 Å². The molecule has 4 rings (SSSR count). The van der Waals surface area contributed by atoms with Crippen LogP contribution in [0.4, 0.5) is 0 Å². The number of hydrogen-bond donors (Lipinski definition) is 1. The molecule has 2 saturated heterocycles. The highest BCUT2D eigenvalue weighted by Crippen LogP contribution is 2.61. The van der Waals surface area contributed by atoms with E-state index in [0.29, 0.717) is 19.5 Å². The van der Waals surface area contributed by atoms with Gasteiger partial charge in [-0.25, -0.2) is 0 Å². The van der Waals surface area contributed by atoms with E-state index in [0.717, 1.165) is 19.3 Å². The molecule has 4 aliphatic rings. The van der Waals surface area contributed by atoms with Crippen LogP contribution in [0, 0.1) is 11.8 Å². The molecule has 4 heterocycles. The largest absolute Gasteiger partial charge is 0.461 e. The van der Waals surface area contributed by atoms with Crippen LogP contribution in [0.2, 0.25) is 0 Å². The summed E-state index contributed by atoms with van der Waals surface area (Å²) in [6, 6.07) is -1.18. The first kappa shape index (κ1) is 22.4. The molecule has 1 unspecified atom stereocenters. The Bertz CT molecular complexity index is 795. The molecule has 170 valence electrons. The van der Waals surface area contributed by atoms with Gasteiger partial charge in [0.2, 0.25) is 11.8 Å². The Morgan fingerprint density at radius 3 is 2.74 bits per heavy atom. The Balaban J connectivity index is 1.78. The standard InChI is InChI=1S/C23H32N2O5S/c1-3-5-6-11-24-12-8-10-23-18(17-16(31-23)9-7-13-30-22(17)29)20(27)25(15(4-2)14-26)19(23)21(24)28/h7-10,15-19,26H,3-6,11-14H2,1-2H3/t15-,16+,17-,18-,19?,23-/m0/s1. The second-order valence-corrected chi connectivity index (χ2v) is 10.3. The van der Waals surface area contributed by atoms with E-state index in [1.165, 1.54) is 0 Å². The maximum atomic E-state index is 13.9. The second kappa shape index (κ2) is 8.98. The SMILES string of the molecule is CCCCCN1CC=C[C@]23S[C@@H]4C=CCOC(=O)[C@@H]4[C@H]2C(=O)N([C@@H](CC)CO)C3C1=O. The molecule has 2 fully saturated rings. The molecular weight excluding hydrogens is 416 g/mol. The number of thioether (sulfide) groups is 1. The van der Waals surface area contributed by atoms with Crippen LogP contribution >= 0.6 is 11.8 Å². The molecule has 0 saturated carbocycles. The number of nitrogens with zero attached hydrogens (tertiary/aromatic N) is 2. The molecule has 0 aromatic heterocycles. The van der Waals surface area contributed by atoms with E-state index in [2.05, 4.69) is 6.92 Å². The van der Waals surface area contributed by atoms with Crippen molar-refractivity contribution in [2.75, 3.05) is 26.3 Å². The van der Waals surface area contributed by atoms with Crippen molar-refractivity contribution in [3.05, 3.63) is 24.3 Å². The van der Waals surface area contributed by atoms with Gasteiger partial charge in [-0.2, -0.15) is 0 Å². The van der Waals surface area contributed by atoms with Gasteiger partial charge in [0.15, 0.2) is 0 Å². The molecule has 8 heteroatoms. The molecule has 0 radical (unpaired) electrons. The lowest BCUT2D eigenvalue weighted by Gasteiger charge is -2.38. The van der Waals surface area contributed by atoms with Crippen LogP contribution < -0.4 is 0 Å². The lowest BCUT2D eigenvalue weighted by molar-refractivity contribution is -0.152. The summed E-state index contributed by atoms with van der Waals surface area (Å²) < 4.78 is 4.54. The van der Waals surface area contributed by atoms with Crippen LogP contribution in [-0.2, 0) is 19.1 Å². The summed E-state index contributed by atoms with van der Waals surface area (Å²) in [4.78, 5) is 44.0. The van der Waals surface area contributed by atoms with Crippen LogP contribution in [0.5, 0.6) is 0 Å². The monoisotopic (exact) mass is 448 g/mol. The number of rotatable bonds is 7. The number of amides is 2. The number of likely N-dealkylation sites (tertiary alicyclic amines) is 1. The molecule has 2 amide bonds. The second-order valence-electron chi connectivity index (χ2n) is 8.78. The van der Waals surface area contributed by atoms with Crippen LogP contribution in [0.1, 0.15) is 39.5 Å². The number of carbonyl (C=O) groups excluding carboxylic acids is 3. The Hall–Kier alpha value is -1.80. The van der Waals surface area contributed by atoms with Crippen molar-refractivity contribution in [2.24, 2.45) is 11.8 Å². The summed E-state index contributed by atoms with van der Waals surface area (Å²) in [5, 5.41) is 9.83. The highest BCUT2D eigenvalue weighted by molar-refractivity contribution is 8.02. The van der Waals surface area contributed by atoms with Crippen molar-refractivity contribution < 1.29 is 24.2 Å². The number of fused-ring (bicyclic) bond motifs is 2. The fourth-order valence-electron chi connectivity index (χ4n) is 5.52. The predicted molar refractivity (Wildman–Crippen MR) is 118 cm³/mol. The molecule has 7 nitrogen and oxygen atoms in total. The van der Waals surface area contributed by atoms with E-state index < -0.39 is 28.7 Å². The molecule has 0 bridgehead atoms. The maximum Gasteiger partial charge on any atom is 0.311 e. The number of cyclic esters (lactones) is 1. The van der Waals surface area contributed by atoms with Crippen molar-refractivity contribution in [3.8, 4) is 0 Å². The van der Waals surface area contributed by atoms with Crippen LogP contribution in [0.15, 0.2) is 24.3 Å². The van der Waals surface area contributed by atoms with Gasteiger partial charge >= 0.3 is 5.97 Å². The first-order valence-corrected chi connectivity index (χ1v) is 12.3. The average molecular weight is 449 g/mol. The van der Waals surface area contributed by atoms with Gasteiger partial charge in [-0.05, 0) is 12.8 Å². The predicted octanol–water partition coefficient (Wildman–Crippen LogP) is 1.76. The molecule has 0 aromatic carbocycles. The number of carbonyl (C=O) groups is 3. The minimum atomic E-state index is -0.827. The summed E-state index contributed by atoms with van der Waals surface area (Å²) in [5.74, 6) is -1.96. The normalized spacial score (nSPS) is 35.4. The highest BCUT2D eigenvalue weighted by atomic mass is 32.2. The third-order valence-corrected chi connectivity index (χ3v) is 8.79. The number of aliphatic hydroxyl groups is 1. The lowest BCUT2D eigenvalue weighted by Crippen LogP contribution is -2.56. The quantitative estimate of drug-likeness (QED) is 0.363. The first-order valence-electron chi connectivity index (χ1n) is 11.4. The number of unbranched alkanes of at least 4 members (excludes halogenated alkanes) is 2. The Morgan fingerprint density at radius 2 is 2.03 bits per heavy atom. The van der Waals surface area contributed by atoms with Crippen LogP contribution in [0.3, 0.4) is 0 Å². The van der Waals surface area contributed by atoms with Crippen LogP contribution in [0.25, 0.3) is 0 Å². The summed E-state index contributed by atoms with van der Waals surface area (Å²) in [6.45, 7) is 5.18. The van der Waals surface area contributed by atoms with Gasteiger partial charge in [0.1, 0.15) is 12.6 Å². The number of aliphatic hydroxyl groups excluding tert-OH is 1. The van der Waals surface area contributed by atoms with Gasteiger partial charge in [0.25, 0.3) is 0 Å². The Labute approximate surface area is 187 Å². The third kappa shape index (κ3) is 3.52. The zero-order valence-electron chi connectivity index (χ0n) is 18.2. The zero-order chi connectivity index (χ0) is 22.2. The van der Waals surface area contributed by atoms with E-state index in [9.17, 15) is 19.5 Å². The van der Waals surface area contributed by atoms with E-state index in [1.54, 1.807) is 16.7 Å². The third-order valence-electron chi connectivity index (χ3n) is 7.04. The number of esters is 1. The molecule has 0 aliphatic carbocycles. The molecule has 0 aromatic rings. The van der Waals surface area contributed by atoms with Gasteiger partial charge in [0.05, 0.1) is 29.2 Å². The minimum absolute atomic E-state index is 0.0786. The van der Waals surface area contributed by atoms with E-state index in [-0.39, 0.29) is 36.2 Å². The maximum absolute atomic E-state index is 13.9. The molecule has 1 N–H and O–H groups in total. The van der Waals surface area contributed by atoms with E-state index in [1.807, 2.05) is 36.1 Å². The topological polar surface area (TPSA) is 87.2 Å². The summed E-state index contributed by atoms with van der Waals surface area (Å²) in [5.41, 5.74) is 0. The summed E-state index contributed by atoms with van der Waals surface area (Å²) >= 11 is 1.54. The van der Waals surface area contributed by atoms with Crippen molar-refractivity contribution in [2.45, 2.75) is 61.6 Å². The van der Waals surface area contributed by atoms with Crippen molar-refractivity contribution in [1.82, 2.24) is 9.80 Å². The number of hydrogen-bond acceptors (Lipinski definition) is 6. The fourth-order valence-corrected chi connectivity index (χ4v) is 7.50. The minimum Gasteiger partial charge on any atom is -0.461 e. The Morgan fingerprint density at radius 1 is 1.23 bits per heavy atom. The molecule has 4 aliphatic heterocycles. The molecule has 6 atom stereocenters. The Kier molecular flexibility index (Phi) is 6.49. The van der Waals surface area contributed by atoms with Gasteiger partial charge in [0, 0.05) is 18.3 Å². The van der Waals surface area contributed by atoms with Crippen molar-refractivity contribution in [3.63, 3.8) is 0 Å². The fraction of sp³-hybridized carbons (Fsp3) is 0.696. The first-order chi connectivity index (χ1) is 15.0. The summed E-state index contributed by atoms with van der Waals surface area (Å²) in [7, 11) is 0. The smallest absolute Gasteiger partial charge is 0.311 e. The van der Waals surface area contributed by atoms with E-state index in [4.69, 9.17) is 4.74 Å². The zero-order valence-corrected chi connectivity index (χ0v) is 19.1. The van der Waals surface area contributed by atoms with Crippen molar-refractivity contribution >= 4 is 29.5 Å². The van der Waals surface area contributed by atoms with Crippen LogP contribution in [-0.4, -0.2) is 81.1 Å². The van der Waals surface area contributed by atoms with E-state index >= 15 is 0 Å². The molecule has 1 spiro atoms. The lowest BCUT2D eigenvalue weighted by atomic mass is 9.78. The molecular formula is C23H32N2O5S. The molecule has 31 heavy (non-hydrogen) atoms. The van der Waals surface area contributed by atoms with Crippen molar-refractivity contribution in [1.29, 1.82) is 0 Å². The highest BCUT2D eigenvalue weighted by Gasteiger charge is 2.71.